The van der Waals surface area contributed by atoms with E-state index in [4.69, 9.17) is 9.47 Å². The first kappa shape index (κ1) is 18.6. The maximum absolute atomic E-state index is 12.0. The third-order valence-corrected chi connectivity index (χ3v) is 5.31. The first-order valence-electron chi connectivity index (χ1n) is 9.22. The van der Waals surface area contributed by atoms with Crippen LogP contribution >= 0.6 is 11.3 Å². The zero-order valence-corrected chi connectivity index (χ0v) is 16.0. The predicted molar refractivity (Wildman–Crippen MR) is 106 cm³/mol. The molecule has 1 aromatic heterocycles. The molecule has 5 heteroatoms. The van der Waals surface area contributed by atoms with Crippen LogP contribution in [0.2, 0.25) is 0 Å². The van der Waals surface area contributed by atoms with Crippen molar-refractivity contribution in [3.63, 3.8) is 0 Å². The van der Waals surface area contributed by atoms with E-state index in [-0.39, 0.29) is 5.78 Å². The molecule has 0 bridgehead atoms. The van der Waals surface area contributed by atoms with Gasteiger partial charge < -0.3 is 9.47 Å². The smallest absolute Gasteiger partial charge is 0.216 e. The fourth-order valence-corrected chi connectivity index (χ4v) is 3.68. The van der Waals surface area contributed by atoms with Crippen molar-refractivity contribution >= 4 is 23.0 Å². The Hall–Kier alpha value is -2.14. The summed E-state index contributed by atoms with van der Waals surface area (Å²) < 4.78 is 11.2. The van der Waals surface area contributed by atoms with Crippen molar-refractivity contribution in [2.75, 3.05) is 19.8 Å². The molecule has 0 atom stereocenters. The van der Waals surface area contributed by atoms with E-state index in [0.717, 1.165) is 54.3 Å². The summed E-state index contributed by atoms with van der Waals surface area (Å²) in [6, 6.07) is 11.8. The number of carbonyl (C=O) groups excluding carboxylic acids is 1. The molecule has 0 unspecified atom stereocenters. The van der Waals surface area contributed by atoms with Crippen molar-refractivity contribution in [2.24, 2.45) is 4.99 Å². The summed E-state index contributed by atoms with van der Waals surface area (Å²) in [6.45, 7) is 4.15. The molecule has 2 aromatic rings. The van der Waals surface area contributed by atoms with E-state index in [1.807, 2.05) is 43.3 Å². The van der Waals surface area contributed by atoms with Crippen LogP contribution in [0.3, 0.4) is 0 Å². The predicted octanol–water partition coefficient (Wildman–Crippen LogP) is 5.05. The summed E-state index contributed by atoms with van der Waals surface area (Å²) in [5.41, 5.74) is 1.00. The van der Waals surface area contributed by atoms with Gasteiger partial charge in [-0.05, 0) is 56.2 Å². The van der Waals surface area contributed by atoms with Crippen LogP contribution < -0.4 is 4.74 Å². The van der Waals surface area contributed by atoms with Crippen LogP contribution in [0, 0.1) is 6.92 Å². The number of carbonyl (C=O) groups is 1. The molecular weight excluding hydrogens is 346 g/mol. The van der Waals surface area contributed by atoms with E-state index < -0.39 is 0 Å². The Morgan fingerprint density at radius 3 is 2.62 bits per heavy atom. The number of thiophene rings is 1. The molecule has 1 aliphatic heterocycles. The highest BCUT2D eigenvalue weighted by molar-refractivity contribution is 7.14. The average molecular weight is 372 g/mol. The van der Waals surface area contributed by atoms with E-state index in [9.17, 15) is 4.79 Å². The number of hydrogen-bond acceptors (Lipinski definition) is 5. The molecule has 0 amide bonds. The number of ether oxygens (including phenoxy) is 2. The fourth-order valence-electron chi connectivity index (χ4n) is 2.84. The minimum absolute atomic E-state index is 0.273. The normalized spacial score (nSPS) is 13.3. The number of ketones is 1. The molecule has 0 radical (unpaired) electrons. The first-order valence-corrected chi connectivity index (χ1v) is 10.0. The van der Waals surface area contributed by atoms with E-state index in [0.29, 0.717) is 19.6 Å². The van der Waals surface area contributed by atoms with Gasteiger partial charge in [0, 0.05) is 16.9 Å². The molecule has 26 heavy (non-hydrogen) atoms. The minimum Gasteiger partial charge on any atom is -0.494 e. The molecule has 0 saturated heterocycles. The molecule has 1 aliphatic rings. The van der Waals surface area contributed by atoms with Crippen LogP contribution in [0.15, 0.2) is 41.4 Å². The molecule has 0 aliphatic carbocycles. The number of Topliss-reactive ketones (excluding diaryl/α,β-unsaturated/α-hetero) is 1. The van der Waals surface area contributed by atoms with Gasteiger partial charge in [0.25, 0.3) is 0 Å². The van der Waals surface area contributed by atoms with Gasteiger partial charge in [-0.15, -0.1) is 11.3 Å². The highest BCUT2D eigenvalue weighted by Gasteiger charge is 2.10. The zero-order chi connectivity index (χ0) is 18.2. The monoisotopic (exact) mass is 371 g/mol. The minimum atomic E-state index is 0.273. The third kappa shape index (κ3) is 5.43. The molecule has 0 spiro atoms. The Balaban J connectivity index is 1.27. The summed E-state index contributed by atoms with van der Waals surface area (Å²) in [6.07, 6.45) is 4.75. The molecule has 4 nitrogen and oxygen atoms in total. The van der Waals surface area contributed by atoms with Gasteiger partial charge in [0.1, 0.15) is 12.4 Å². The van der Waals surface area contributed by atoms with Crippen LogP contribution in [0.1, 0.15) is 52.2 Å². The number of rotatable bonds is 10. The maximum atomic E-state index is 12.0. The number of unbranched alkanes of at least 4 members (excludes halogenated alkanes) is 3. The largest absolute Gasteiger partial charge is 0.494 e. The Morgan fingerprint density at radius 1 is 1.12 bits per heavy atom. The molecule has 2 heterocycles. The lowest BCUT2D eigenvalue weighted by Gasteiger charge is -2.07. The summed E-state index contributed by atoms with van der Waals surface area (Å²) >= 11 is 1.59. The van der Waals surface area contributed by atoms with Crippen molar-refractivity contribution in [1.82, 2.24) is 0 Å². The molecule has 0 N–H and O–H groups in total. The zero-order valence-electron chi connectivity index (χ0n) is 15.2. The van der Waals surface area contributed by atoms with E-state index >= 15 is 0 Å². The fraction of sp³-hybridized carbons (Fsp3) is 0.429. The van der Waals surface area contributed by atoms with Crippen molar-refractivity contribution in [3.05, 3.63) is 51.7 Å². The quantitative estimate of drug-likeness (QED) is 0.434. The lowest BCUT2D eigenvalue weighted by atomic mass is 10.1. The van der Waals surface area contributed by atoms with Crippen molar-refractivity contribution in [2.45, 2.75) is 39.0 Å². The number of hydrogen-bond donors (Lipinski definition) is 0. The maximum Gasteiger partial charge on any atom is 0.216 e. The number of nitrogens with zero attached hydrogens (tertiary/aromatic N) is 1. The van der Waals surface area contributed by atoms with Crippen LogP contribution in [0.25, 0.3) is 0 Å². The third-order valence-electron chi connectivity index (χ3n) is 4.27. The second-order valence-corrected chi connectivity index (χ2v) is 7.69. The second-order valence-electron chi connectivity index (χ2n) is 6.41. The Labute approximate surface area is 158 Å². The van der Waals surface area contributed by atoms with Gasteiger partial charge in [-0.2, -0.15) is 0 Å². The van der Waals surface area contributed by atoms with Gasteiger partial charge in [0.2, 0.25) is 5.90 Å². The van der Waals surface area contributed by atoms with E-state index in [1.54, 1.807) is 11.3 Å². The summed E-state index contributed by atoms with van der Waals surface area (Å²) in [7, 11) is 0. The SMILES string of the molecule is Cc1ccc(C(=O)CCCCCCOc2ccc(C3=NCCO3)cc2)s1. The molecule has 0 saturated carbocycles. The highest BCUT2D eigenvalue weighted by atomic mass is 32.1. The molecule has 0 fully saturated rings. The number of aliphatic imine (C=N–C) groups is 1. The van der Waals surface area contributed by atoms with Gasteiger partial charge in [-0.3, -0.25) is 4.79 Å². The van der Waals surface area contributed by atoms with Crippen molar-refractivity contribution in [1.29, 1.82) is 0 Å². The van der Waals surface area contributed by atoms with Gasteiger partial charge in [-0.25, -0.2) is 4.99 Å². The molecular formula is C21H25NO3S. The Bertz CT molecular complexity index is 749. The van der Waals surface area contributed by atoms with Crippen molar-refractivity contribution in [3.8, 4) is 5.75 Å². The van der Waals surface area contributed by atoms with E-state index in [1.165, 1.54) is 4.88 Å². The molecule has 138 valence electrons. The van der Waals surface area contributed by atoms with Crippen LogP contribution in [0.5, 0.6) is 5.75 Å². The van der Waals surface area contributed by atoms with E-state index in [2.05, 4.69) is 4.99 Å². The van der Waals surface area contributed by atoms with Gasteiger partial charge in [-0.1, -0.05) is 12.8 Å². The molecule has 3 rings (SSSR count). The summed E-state index contributed by atoms with van der Waals surface area (Å²) in [5, 5.41) is 0. The number of benzene rings is 1. The summed E-state index contributed by atoms with van der Waals surface area (Å²) in [5.74, 6) is 1.87. The summed E-state index contributed by atoms with van der Waals surface area (Å²) in [4.78, 5) is 18.4. The van der Waals surface area contributed by atoms with Crippen molar-refractivity contribution < 1.29 is 14.3 Å². The van der Waals surface area contributed by atoms with Gasteiger partial charge in [0.15, 0.2) is 5.78 Å². The lowest BCUT2D eigenvalue weighted by Crippen LogP contribution is -2.02. The van der Waals surface area contributed by atoms with Gasteiger partial charge in [0.05, 0.1) is 18.0 Å². The lowest BCUT2D eigenvalue weighted by molar-refractivity contribution is 0.0983. The number of aryl methyl sites for hydroxylation is 1. The standard InChI is InChI=1S/C21H25NO3S/c1-16-7-12-20(26-16)19(23)6-4-2-3-5-14-24-18-10-8-17(9-11-18)21-22-13-15-25-21/h7-12H,2-6,13-15H2,1H3. The van der Waals surface area contributed by atoms with Crippen LogP contribution in [-0.2, 0) is 4.74 Å². The van der Waals surface area contributed by atoms with Crippen LogP contribution in [0.4, 0.5) is 0 Å². The van der Waals surface area contributed by atoms with Crippen LogP contribution in [-0.4, -0.2) is 31.4 Å². The Kier molecular flexibility index (Phi) is 6.83. The average Bonchev–Trinajstić information content (AvgIpc) is 3.33. The Morgan fingerprint density at radius 2 is 1.92 bits per heavy atom. The van der Waals surface area contributed by atoms with Gasteiger partial charge >= 0.3 is 0 Å². The highest BCUT2D eigenvalue weighted by Crippen LogP contribution is 2.19. The second kappa shape index (κ2) is 9.53. The topological polar surface area (TPSA) is 47.9 Å². The molecule has 1 aromatic carbocycles. The first-order chi connectivity index (χ1) is 12.7.